The van der Waals surface area contributed by atoms with Crippen LogP contribution in [0.1, 0.15) is 42.7 Å². The lowest BCUT2D eigenvalue weighted by Gasteiger charge is -2.19. The maximum atomic E-state index is 13.1. The second-order valence-electron chi connectivity index (χ2n) is 8.52. The zero-order valence-electron chi connectivity index (χ0n) is 18.1. The molecule has 1 fully saturated rings. The van der Waals surface area contributed by atoms with Crippen LogP contribution < -0.4 is 4.74 Å². The van der Waals surface area contributed by atoms with Gasteiger partial charge in [-0.3, -0.25) is 9.78 Å². The van der Waals surface area contributed by atoms with Crippen molar-refractivity contribution < 1.29 is 14.3 Å². The first-order valence-corrected chi connectivity index (χ1v) is 10.7. The molecule has 5 rings (SSSR count). The number of aromatic nitrogens is 2. The summed E-state index contributed by atoms with van der Waals surface area (Å²) < 4.78 is 12.2. The van der Waals surface area contributed by atoms with Gasteiger partial charge in [0.1, 0.15) is 18.0 Å². The van der Waals surface area contributed by atoms with Crippen molar-refractivity contribution in [3.8, 4) is 5.75 Å². The average molecular weight is 425 g/mol. The van der Waals surface area contributed by atoms with Crippen molar-refractivity contribution in [2.45, 2.75) is 38.1 Å². The van der Waals surface area contributed by atoms with Crippen molar-refractivity contribution in [2.75, 3.05) is 0 Å². The Morgan fingerprint density at radius 1 is 0.906 bits per heavy atom. The number of nitrogens with zero attached hydrogens (tertiary/aromatic N) is 2. The molecule has 1 aliphatic rings. The number of Topliss-reactive ketones (excluding diaryl/α,β-unsaturated/α-hetero) is 1. The minimum absolute atomic E-state index is 0.0800. The Kier molecular flexibility index (Phi) is 5.19. The van der Waals surface area contributed by atoms with Crippen LogP contribution in [-0.4, -0.2) is 21.4 Å². The zero-order chi connectivity index (χ0) is 22.1. The summed E-state index contributed by atoms with van der Waals surface area (Å²) in [7, 11) is 0. The molecule has 5 nitrogen and oxygen atoms in total. The van der Waals surface area contributed by atoms with Gasteiger partial charge < -0.3 is 9.47 Å². The highest BCUT2D eigenvalue weighted by Crippen LogP contribution is 2.46. The Balaban J connectivity index is 1.33. The maximum absolute atomic E-state index is 13.1. The number of carbonyl (C=O) groups excluding carboxylic acids is 1. The predicted molar refractivity (Wildman–Crippen MR) is 122 cm³/mol. The normalized spacial score (nSPS) is 19.9. The summed E-state index contributed by atoms with van der Waals surface area (Å²) in [5.74, 6) is 0.464. The Morgan fingerprint density at radius 2 is 1.66 bits per heavy atom. The summed E-state index contributed by atoms with van der Waals surface area (Å²) in [6.07, 6.45) is 3.07. The number of para-hydroxylation sites is 1. The van der Waals surface area contributed by atoms with Crippen LogP contribution in [0.5, 0.6) is 5.75 Å². The molecule has 2 unspecified atom stereocenters. The largest absolute Gasteiger partial charge is 0.487 e. The molecule has 0 aliphatic carbocycles. The molecule has 0 radical (unpaired) electrons. The van der Waals surface area contributed by atoms with Gasteiger partial charge in [0, 0.05) is 17.8 Å². The second kappa shape index (κ2) is 8.17. The molecule has 2 aromatic heterocycles. The van der Waals surface area contributed by atoms with Crippen molar-refractivity contribution >= 4 is 16.7 Å². The van der Waals surface area contributed by atoms with Gasteiger partial charge >= 0.3 is 0 Å². The number of pyridine rings is 2. The molecule has 0 amide bonds. The summed E-state index contributed by atoms with van der Waals surface area (Å²) in [6.45, 7) is 4.05. The molecule has 1 aliphatic heterocycles. The monoisotopic (exact) mass is 424 g/mol. The summed E-state index contributed by atoms with van der Waals surface area (Å²) in [4.78, 5) is 21.8. The highest BCUT2D eigenvalue weighted by Gasteiger charge is 2.49. The van der Waals surface area contributed by atoms with Gasteiger partial charge in [-0.25, -0.2) is 4.98 Å². The van der Waals surface area contributed by atoms with Crippen molar-refractivity contribution in [1.82, 2.24) is 9.97 Å². The fourth-order valence-corrected chi connectivity index (χ4v) is 4.21. The SMILES string of the molecule is CC1(C)OC(c2ccc(OCc3ccc4ccccc4n3)cc2)C(c2ccncc2)C1=O. The second-order valence-corrected chi connectivity index (χ2v) is 8.52. The van der Waals surface area contributed by atoms with E-state index in [1.807, 2.05) is 80.6 Å². The molecule has 0 N–H and O–H groups in total. The van der Waals surface area contributed by atoms with Gasteiger partial charge in [-0.15, -0.1) is 0 Å². The molecule has 3 heterocycles. The van der Waals surface area contributed by atoms with Crippen molar-refractivity contribution in [3.05, 3.63) is 102 Å². The van der Waals surface area contributed by atoms with Gasteiger partial charge in [0.25, 0.3) is 0 Å². The number of benzene rings is 2. The number of carbonyl (C=O) groups is 1. The lowest BCUT2D eigenvalue weighted by Crippen LogP contribution is -2.29. The molecule has 5 heteroatoms. The van der Waals surface area contributed by atoms with Crippen LogP contribution in [0.15, 0.2) is 85.2 Å². The first-order valence-electron chi connectivity index (χ1n) is 10.7. The van der Waals surface area contributed by atoms with Crippen molar-refractivity contribution in [2.24, 2.45) is 0 Å². The van der Waals surface area contributed by atoms with E-state index in [9.17, 15) is 4.79 Å². The van der Waals surface area contributed by atoms with E-state index in [1.165, 1.54) is 0 Å². The Hall–Kier alpha value is -3.57. The highest BCUT2D eigenvalue weighted by atomic mass is 16.5. The standard InChI is InChI=1S/C27H24N2O3/c1-27(2)26(30)24(19-13-15-28-16-14-19)25(32-27)20-8-11-22(12-9-20)31-17-21-10-7-18-5-3-4-6-23(18)29-21/h3-16,24-25H,17H2,1-2H3. The Bertz CT molecular complexity index is 1250. The Labute approximate surface area is 187 Å². The van der Waals surface area contributed by atoms with Crippen LogP contribution in [-0.2, 0) is 16.1 Å². The van der Waals surface area contributed by atoms with Crippen LogP contribution in [0.2, 0.25) is 0 Å². The van der Waals surface area contributed by atoms with E-state index in [0.29, 0.717) is 6.61 Å². The van der Waals surface area contributed by atoms with E-state index < -0.39 is 5.60 Å². The van der Waals surface area contributed by atoms with Crippen molar-refractivity contribution in [3.63, 3.8) is 0 Å². The first kappa shape index (κ1) is 20.3. The molecule has 0 spiro atoms. The maximum Gasteiger partial charge on any atom is 0.174 e. The molecule has 2 atom stereocenters. The van der Waals surface area contributed by atoms with E-state index in [4.69, 9.17) is 9.47 Å². The summed E-state index contributed by atoms with van der Waals surface area (Å²) >= 11 is 0. The smallest absolute Gasteiger partial charge is 0.174 e. The van der Waals surface area contributed by atoms with Crippen LogP contribution in [0, 0.1) is 0 Å². The number of hydrogen-bond acceptors (Lipinski definition) is 5. The minimum Gasteiger partial charge on any atom is -0.487 e. The van der Waals surface area contributed by atoms with Crippen LogP contribution in [0.3, 0.4) is 0 Å². The minimum atomic E-state index is -0.838. The first-order chi connectivity index (χ1) is 15.5. The van der Waals surface area contributed by atoms with Gasteiger partial charge in [-0.2, -0.15) is 0 Å². The van der Waals surface area contributed by atoms with Crippen molar-refractivity contribution in [1.29, 1.82) is 0 Å². The Morgan fingerprint density at radius 3 is 2.44 bits per heavy atom. The molecule has 160 valence electrons. The summed E-state index contributed by atoms with van der Waals surface area (Å²) in [5, 5.41) is 1.11. The predicted octanol–water partition coefficient (Wildman–Crippen LogP) is 5.41. The molecular weight excluding hydrogens is 400 g/mol. The third-order valence-corrected chi connectivity index (χ3v) is 5.92. The van der Waals surface area contributed by atoms with E-state index in [0.717, 1.165) is 33.5 Å². The molecule has 32 heavy (non-hydrogen) atoms. The molecule has 4 aromatic rings. The number of fused-ring (bicyclic) bond motifs is 1. The topological polar surface area (TPSA) is 61.3 Å². The number of rotatable bonds is 5. The molecule has 0 saturated carbocycles. The molecule has 1 saturated heterocycles. The quantitative estimate of drug-likeness (QED) is 0.429. The zero-order valence-corrected chi connectivity index (χ0v) is 18.1. The number of hydrogen-bond donors (Lipinski definition) is 0. The highest BCUT2D eigenvalue weighted by molar-refractivity contribution is 5.95. The lowest BCUT2D eigenvalue weighted by molar-refractivity contribution is -0.130. The average Bonchev–Trinajstić information content (AvgIpc) is 3.07. The van der Waals surface area contributed by atoms with Gasteiger partial charge in [0.15, 0.2) is 5.78 Å². The van der Waals surface area contributed by atoms with E-state index in [-0.39, 0.29) is 17.8 Å². The van der Waals surface area contributed by atoms with E-state index in [2.05, 4.69) is 16.0 Å². The van der Waals surface area contributed by atoms with Crippen LogP contribution in [0.4, 0.5) is 0 Å². The third kappa shape index (κ3) is 3.87. The van der Waals surface area contributed by atoms with Gasteiger partial charge in [-0.05, 0) is 61.4 Å². The third-order valence-electron chi connectivity index (χ3n) is 5.92. The molecule has 0 bridgehead atoms. The number of ketones is 1. The summed E-state index contributed by atoms with van der Waals surface area (Å²) in [6, 6.07) is 23.6. The molecular formula is C27H24N2O3. The number of ether oxygens (including phenoxy) is 2. The van der Waals surface area contributed by atoms with Crippen LogP contribution in [0.25, 0.3) is 10.9 Å². The summed E-state index contributed by atoms with van der Waals surface area (Å²) in [5.41, 5.74) is 2.86. The van der Waals surface area contributed by atoms with Gasteiger partial charge in [-0.1, -0.05) is 36.4 Å². The fourth-order valence-electron chi connectivity index (χ4n) is 4.21. The fraction of sp³-hybridized carbons (Fsp3) is 0.222. The van der Waals surface area contributed by atoms with Crippen LogP contribution >= 0.6 is 0 Å². The molecule has 2 aromatic carbocycles. The van der Waals surface area contributed by atoms with E-state index >= 15 is 0 Å². The van der Waals surface area contributed by atoms with Gasteiger partial charge in [0.05, 0.1) is 23.2 Å². The van der Waals surface area contributed by atoms with Gasteiger partial charge in [0.2, 0.25) is 0 Å². The lowest BCUT2D eigenvalue weighted by atomic mass is 9.84. The van der Waals surface area contributed by atoms with E-state index in [1.54, 1.807) is 12.4 Å².